The summed E-state index contributed by atoms with van der Waals surface area (Å²) in [5.74, 6) is 0. The van der Waals surface area contributed by atoms with Crippen molar-refractivity contribution in [3.63, 3.8) is 0 Å². The van der Waals surface area contributed by atoms with Crippen LogP contribution in [0.3, 0.4) is 0 Å². The summed E-state index contributed by atoms with van der Waals surface area (Å²) >= 11 is 0. The summed E-state index contributed by atoms with van der Waals surface area (Å²) in [6.45, 7) is 0.169. The molecule has 3 rings (SSSR count). The topological polar surface area (TPSA) is 93.9 Å². The molecule has 0 aliphatic heterocycles. The number of imidazole rings is 1. The first kappa shape index (κ1) is 15.2. The Balaban J connectivity index is 0.000000299. The molecule has 0 atom stereocenters. The van der Waals surface area contributed by atoms with Crippen molar-refractivity contribution in [1.82, 2.24) is 15.0 Å². The van der Waals surface area contributed by atoms with Crippen molar-refractivity contribution in [3.05, 3.63) is 66.9 Å². The van der Waals surface area contributed by atoms with Crippen molar-refractivity contribution in [2.45, 2.75) is 0 Å². The minimum atomic E-state index is -0.772. The molecule has 0 saturated carbocycles. The summed E-state index contributed by atoms with van der Waals surface area (Å²) in [5, 5.41) is 1.07. The molecule has 6 nitrogen and oxygen atoms in total. The molecule has 0 radical (unpaired) electrons. The van der Waals surface area contributed by atoms with Crippen LogP contribution < -0.4 is 5.73 Å². The fraction of sp³-hybridized carbons (Fsp3) is 0.0625. The van der Waals surface area contributed by atoms with E-state index in [4.69, 9.17) is 5.73 Å². The zero-order chi connectivity index (χ0) is 15.6. The number of carbonyl (C=O) groups is 1. The van der Waals surface area contributed by atoms with Crippen molar-refractivity contribution in [3.8, 4) is 0 Å². The monoisotopic (exact) mass is 296 g/mol. The molecule has 6 heteroatoms. The number of aromatic amines is 1. The molecular formula is C16H16N4O2. The van der Waals surface area contributed by atoms with Crippen molar-refractivity contribution >= 4 is 23.1 Å². The maximum absolute atomic E-state index is 10.3. The number of fused-ring (bicyclic) bond motifs is 1. The standard InChI is InChI=1S/C13H12N2O2.C3H4N2/c14-13(16)17-7-3-4-10-8-11-5-1-2-6-12(11)15-9-10;1-2-5-3-4-1/h1-6,8-9H,7H2,(H2,14,16);1-3H,(H,4,5). The number of hydrogen-bond donors (Lipinski definition) is 2. The average molecular weight is 296 g/mol. The molecule has 0 saturated heterocycles. The number of nitrogens with one attached hydrogen (secondary N) is 1. The summed E-state index contributed by atoms with van der Waals surface area (Å²) < 4.78 is 4.58. The first-order chi connectivity index (χ1) is 10.8. The van der Waals surface area contributed by atoms with Gasteiger partial charge in [-0.3, -0.25) is 4.98 Å². The van der Waals surface area contributed by atoms with Crippen LogP contribution in [0.25, 0.3) is 17.0 Å². The zero-order valence-corrected chi connectivity index (χ0v) is 11.8. The second-order valence-electron chi connectivity index (χ2n) is 4.25. The molecule has 0 unspecified atom stereocenters. The van der Waals surface area contributed by atoms with Gasteiger partial charge in [0.1, 0.15) is 6.61 Å². The number of pyridine rings is 1. The minimum Gasteiger partial charge on any atom is -0.445 e. The predicted molar refractivity (Wildman–Crippen MR) is 84.9 cm³/mol. The Labute approximate surface area is 127 Å². The van der Waals surface area contributed by atoms with Gasteiger partial charge in [0.2, 0.25) is 0 Å². The number of rotatable bonds is 3. The van der Waals surface area contributed by atoms with Gasteiger partial charge >= 0.3 is 6.09 Å². The normalized spacial score (nSPS) is 10.2. The van der Waals surface area contributed by atoms with Gasteiger partial charge in [0.25, 0.3) is 0 Å². The molecule has 0 aliphatic carbocycles. The SMILES string of the molecule is NC(=O)OCC=Cc1cnc2ccccc2c1.c1c[nH]cn1. The van der Waals surface area contributed by atoms with Crippen molar-refractivity contribution in [1.29, 1.82) is 0 Å². The average Bonchev–Trinajstić information content (AvgIpc) is 3.11. The zero-order valence-electron chi connectivity index (χ0n) is 11.8. The molecule has 3 aromatic rings. The molecule has 22 heavy (non-hydrogen) atoms. The molecule has 1 aromatic carbocycles. The number of amides is 1. The van der Waals surface area contributed by atoms with Crippen LogP contribution in [0.5, 0.6) is 0 Å². The highest BCUT2D eigenvalue weighted by atomic mass is 16.5. The second kappa shape index (κ2) is 8.21. The maximum atomic E-state index is 10.3. The second-order valence-corrected chi connectivity index (χ2v) is 4.25. The number of H-pyrrole nitrogens is 1. The summed E-state index contributed by atoms with van der Waals surface area (Å²) in [7, 11) is 0. The highest BCUT2D eigenvalue weighted by molar-refractivity contribution is 5.80. The van der Waals surface area contributed by atoms with Crippen LogP contribution in [0.1, 0.15) is 5.56 Å². The van der Waals surface area contributed by atoms with Crippen molar-refractivity contribution in [2.24, 2.45) is 5.73 Å². The molecule has 0 aliphatic rings. The van der Waals surface area contributed by atoms with Crippen molar-refractivity contribution in [2.75, 3.05) is 6.61 Å². The lowest BCUT2D eigenvalue weighted by Crippen LogP contribution is -2.12. The summed E-state index contributed by atoms with van der Waals surface area (Å²) in [5.41, 5.74) is 6.75. The Kier molecular flexibility index (Phi) is 5.69. The predicted octanol–water partition coefficient (Wildman–Crippen LogP) is 2.75. The van der Waals surface area contributed by atoms with E-state index in [9.17, 15) is 4.79 Å². The quantitative estimate of drug-likeness (QED) is 0.777. The van der Waals surface area contributed by atoms with Crippen LogP contribution >= 0.6 is 0 Å². The van der Waals surface area contributed by atoms with E-state index in [1.54, 1.807) is 31.0 Å². The van der Waals surface area contributed by atoms with E-state index in [0.717, 1.165) is 16.5 Å². The number of nitrogens with zero attached hydrogens (tertiary/aromatic N) is 2. The Morgan fingerprint density at radius 2 is 2.23 bits per heavy atom. The number of benzene rings is 1. The van der Waals surface area contributed by atoms with E-state index < -0.39 is 6.09 Å². The number of primary amides is 1. The molecule has 2 heterocycles. The van der Waals surface area contributed by atoms with Crippen LogP contribution in [0.2, 0.25) is 0 Å². The Bertz CT molecular complexity index is 722. The lowest BCUT2D eigenvalue weighted by molar-refractivity contribution is 0.169. The van der Waals surface area contributed by atoms with Gasteiger partial charge in [-0.2, -0.15) is 0 Å². The van der Waals surface area contributed by atoms with Gasteiger partial charge in [-0.05, 0) is 23.8 Å². The van der Waals surface area contributed by atoms with Gasteiger partial charge in [-0.15, -0.1) is 0 Å². The highest BCUT2D eigenvalue weighted by Crippen LogP contribution is 2.13. The lowest BCUT2D eigenvalue weighted by atomic mass is 10.1. The number of aromatic nitrogens is 3. The Morgan fingerprint density at radius 3 is 2.91 bits per heavy atom. The third-order valence-corrected chi connectivity index (χ3v) is 2.65. The molecule has 3 N–H and O–H groups in total. The fourth-order valence-electron chi connectivity index (χ4n) is 1.71. The van der Waals surface area contributed by atoms with Crippen molar-refractivity contribution < 1.29 is 9.53 Å². The van der Waals surface area contributed by atoms with Gasteiger partial charge in [-0.1, -0.05) is 24.3 Å². The summed E-state index contributed by atoms with van der Waals surface area (Å²) in [6.07, 6.45) is 9.63. The lowest BCUT2D eigenvalue weighted by Gasteiger charge is -1.98. The first-order valence-electron chi connectivity index (χ1n) is 6.62. The Hall–Kier alpha value is -3.15. The summed E-state index contributed by atoms with van der Waals surface area (Å²) in [6, 6.07) is 9.89. The number of nitrogens with two attached hydrogens (primary N) is 1. The van der Waals surface area contributed by atoms with E-state index in [1.807, 2.05) is 36.4 Å². The van der Waals surface area contributed by atoms with Crippen LogP contribution in [-0.4, -0.2) is 27.7 Å². The fourth-order valence-corrected chi connectivity index (χ4v) is 1.71. The smallest absolute Gasteiger partial charge is 0.404 e. The molecular weight excluding hydrogens is 280 g/mol. The maximum Gasteiger partial charge on any atom is 0.404 e. The van der Waals surface area contributed by atoms with Gasteiger partial charge < -0.3 is 15.5 Å². The van der Waals surface area contributed by atoms with Gasteiger partial charge in [-0.25, -0.2) is 9.78 Å². The largest absolute Gasteiger partial charge is 0.445 e. The van der Waals surface area contributed by atoms with Crippen LogP contribution in [-0.2, 0) is 4.74 Å². The van der Waals surface area contributed by atoms with E-state index in [0.29, 0.717) is 0 Å². The molecule has 0 spiro atoms. The number of ether oxygens (including phenoxy) is 1. The van der Waals surface area contributed by atoms with Crippen LogP contribution in [0, 0.1) is 0 Å². The third-order valence-electron chi connectivity index (χ3n) is 2.65. The first-order valence-corrected chi connectivity index (χ1v) is 6.62. The number of carbonyl (C=O) groups excluding carboxylic acids is 1. The van der Waals surface area contributed by atoms with Gasteiger partial charge in [0.15, 0.2) is 0 Å². The van der Waals surface area contributed by atoms with E-state index in [1.165, 1.54) is 0 Å². The molecule has 0 bridgehead atoms. The third kappa shape index (κ3) is 5.09. The Morgan fingerprint density at radius 1 is 1.36 bits per heavy atom. The molecule has 1 amide bonds. The van der Waals surface area contributed by atoms with Gasteiger partial charge in [0.05, 0.1) is 11.8 Å². The van der Waals surface area contributed by atoms with E-state index in [-0.39, 0.29) is 6.61 Å². The molecule has 0 fully saturated rings. The van der Waals surface area contributed by atoms with E-state index >= 15 is 0 Å². The molecule has 112 valence electrons. The molecule has 2 aromatic heterocycles. The van der Waals surface area contributed by atoms with Gasteiger partial charge in [0, 0.05) is 24.0 Å². The number of hydrogen-bond acceptors (Lipinski definition) is 4. The summed E-state index contributed by atoms with van der Waals surface area (Å²) in [4.78, 5) is 21.1. The highest BCUT2D eigenvalue weighted by Gasteiger charge is 1.94. The van der Waals surface area contributed by atoms with Crippen LogP contribution in [0.4, 0.5) is 4.79 Å². The minimum absolute atomic E-state index is 0.169. The number of para-hydroxylation sites is 1. The van der Waals surface area contributed by atoms with Crippen LogP contribution in [0.15, 0.2) is 61.3 Å². The van der Waals surface area contributed by atoms with E-state index in [2.05, 4.69) is 19.7 Å².